The fourth-order valence-corrected chi connectivity index (χ4v) is 4.60. The van der Waals surface area contributed by atoms with Crippen LogP contribution >= 0.6 is 0 Å². The van der Waals surface area contributed by atoms with E-state index in [1.54, 1.807) is 4.68 Å². The van der Waals surface area contributed by atoms with E-state index in [0.717, 1.165) is 30.6 Å². The number of rotatable bonds is 8. The Morgan fingerprint density at radius 1 is 1.03 bits per heavy atom. The Hall–Kier alpha value is -3.45. The zero-order valence-corrected chi connectivity index (χ0v) is 20.9. The van der Waals surface area contributed by atoms with Gasteiger partial charge in [-0.3, -0.25) is 9.59 Å². The first-order chi connectivity index (χ1) is 16.9. The van der Waals surface area contributed by atoms with Crippen molar-refractivity contribution in [1.82, 2.24) is 24.9 Å². The highest BCUT2D eigenvalue weighted by Crippen LogP contribution is 2.29. The third-order valence-corrected chi connectivity index (χ3v) is 6.82. The third-order valence-electron chi connectivity index (χ3n) is 6.82. The van der Waals surface area contributed by atoms with Crippen molar-refractivity contribution in [3.63, 3.8) is 0 Å². The smallest absolute Gasteiger partial charge is 0.257 e. The summed E-state index contributed by atoms with van der Waals surface area (Å²) in [4.78, 5) is 30.2. The quantitative estimate of drug-likeness (QED) is 0.542. The van der Waals surface area contributed by atoms with Crippen LogP contribution in [0.15, 0.2) is 66.9 Å². The summed E-state index contributed by atoms with van der Waals surface area (Å²) < 4.78 is 1.78. The Morgan fingerprint density at radius 3 is 2.29 bits per heavy atom. The largest absolute Gasteiger partial charge is 0.355 e. The maximum Gasteiger partial charge on any atom is 0.257 e. The molecule has 0 unspecified atom stereocenters. The molecule has 7 nitrogen and oxygen atoms in total. The monoisotopic (exact) mass is 473 g/mol. The minimum atomic E-state index is -0.0601. The Balaban J connectivity index is 1.46. The van der Waals surface area contributed by atoms with E-state index in [2.05, 4.69) is 10.2 Å². The lowest BCUT2D eigenvalue weighted by molar-refractivity contribution is -0.126. The standard InChI is InChI=1S/C28H35N5O2/c1-21(27(34)29-16-19-31(2)3)22-14-17-32(18-15-22)28(35)25-20-33(24-12-8-5-9-13-24)30-26(25)23-10-6-4-7-11-23/h4-13,20-22H,14-19H2,1-3H3,(H,29,34)/t21-/m0/s1. The molecular weight excluding hydrogens is 438 g/mol. The molecule has 35 heavy (non-hydrogen) atoms. The van der Waals surface area contributed by atoms with E-state index in [4.69, 9.17) is 5.10 Å². The van der Waals surface area contributed by atoms with Gasteiger partial charge < -0.3 is 15.1 Å². The molecule has 1 fully saturated rings. The van der Waals surface area contributed by atoms with E-state index in [1.807, 2.05) is 92.8 Å². The lowest BCUT2D eigenvalue weighted by Gasteiger charge is -2.34. The summed E-state index contributed by atoms with van der Waals surface area (Å²) in [6, 6.07) is 19.7. The lowest BCUT2D eigenvalue weighted by atomic mass is 9.84. The molecule has 1 atom stereocenters. The van der Waals surface area contributed by atoms with Crippen LogP contribution in [0.1, 0.15) is 30.1 Å². The summed E-state index contributed by atoms with van der Waals surface area (Å²) in [5, 5.41) is 7.83. The minimum absolute atomic E-state index is 0.00688. The van der Waals surface area contributed by atoms with E-state index in [9.17, 15) is 9.59 Å². The number of piperidine rings is 1. The van der Waals surface area contributed by atoms with Crippen molar-refractivity contribution in [3.8, 4) is 16.9 Å². The molecule has 4 rings (SSSR count). The number of hydrogen-bond donors (Lipinski definition) is 1. The highest BCUT2D eigenvalue weighted by molar-refractivity contribution is 6.00. The number of carbonyl (C=O) groups excluding carboxylic acids is 2. The van der Waals surface area contributed by atoms with E-state index < -0.39 is 0 Å². The van der Waals surface area contributed by atoms with Crippen molar-refractivity contribution in [2.45, 2.75) is 19.8 Å². The molecule has 7 heteroatoms. The first-order valence-electron chi connectivity index (χ1n) is 12.4. The number of aromatic nitrogens is 2. The Morgan fingerprint density at radius 2 is 1.66 bits per heavy atom. The number of nitrogens with one attached hydrogen (secondary N) is 1. The predicted molar refractivity (Wildman–Crippen MR) is 138 cm³/mol. The van der Waals surface area contributed by atoms with E-state index >= 15 is 0 Å². The molecule has 2 aromatic carbocycles. The second-order valence-corrected chi connectivity index (χ2v) is 9.55. The molecule has 0 spiro atoms. The zero-order chi connectivity index (χ0) is 24.8. The molecule has 3 aromatic rings. The van der Waals surface area contributed by atoms with Gasteiger partial charge in [-0.1, -0.05) is 55.5 Å². The van der Waals surface area contributed by atoms with Crippen molar-refractivity contribution in [2.24, 2.45) is 11.8 Å². The highest BCUT2D eigenvalue weighted by atomic mass is 16.2. The summed E-state index contributed by atoms with van der Waals surface area (Å²) in [5.41, 5.74) is 3.13. The number of amides is 2. The summed E-state index contributed by atoms with van der Waals surface area (Å²) >= 11 is 0. The minimum Gasteiger partial charge on any atom is -0.355 e. The summed E-state index contributed by atoms with van der Waals surface area (Å²) in [5.74, 6) is 0.314. The van der Waals surface area contributed by atoms with Crippen LogP contribution in [0.5, 0.6) is 0 Å². The van der Waals surface area contributed by atoms with E-state index in [-0.39, 0.29) is 23.7 Å². The Labute approximate surface area is 207 Å². The molecule has 2 heterocycles. The molecule has 0 bridgehead atoms. The molecule has 1 aliphatic rings. The van der Waals surface area contributed by atoms with Gasteiger partial charge in [-0.25, -0.2) is 4.68 Å². The van der Waals surface area contributed by atoms with Gasteiger partial charge in [0.15, 0.2) is 0 Å². The van der Waals surface area contributed by atoms with E-state index in [0.29, 0.717) is 30.9 Å². The first-order valence-corrected chi connectivity index (χ1v) is 12.4. The van der Waals surface area contributed by atoms with Crippen LogP contribution in [0, 0.1) is 11.8 Å². The van der Waals surface area contributed by atoms with Gasteiger partial charge in [0.2, 0.25) is 5.91 Å². The molecular formula is C28H35N5O2. The normalized spacial score (nSPS) is 15.3. The van der Waals surface area contributed by atoms with Crippen LogP contribution in [-0.4, -0.2) is 71.7 Å². The van der Waals surface area contributed by atoms with Crippen LogP contribution in [-0.2, 0) is 4.79 Å². The molecule has 0 saturated carbocycles. The molecule has 1 aromatic heterocycles. The second-order valence-electron chi connectivity index (χ2n) is 9.55. The van der Waals surface area contributed by atoms with Crippen molar-refractivity contribution >= 4 is 11.8 Å². The molecule has 184 valence electrons. The van der Waals surface area contributed by atoms with Gasteiger partial charge in [-0.2, -0.15) is 5.10 Å². The first kappa shape index (κ1) is 24.7. The molecule has 0 aliphatic carbocycles. The fourth-order valence-electron chi connectivity index (χ4n) is 4.60. The van der Waals surface area contributed by atoms with Crippen LogP contribution < -0.4 is 5.32 Å². The van der Waals surface area contributed by atoms with Crippen molar-refractivity contribution in [3.05, 3.63) is 72.4 Å². The van der Waals surface area contributed by atoms with Crippen LogP contribution in [0.2, 0.25) is 0 Å². The average Bonchev–Trinajstić information content (AvgIpc) is 3.34. The Bertz CT molecular complexity index is 1120. The third kappa shape index (κ3) is 5.98. The second kappa shape index (κ2) is 11.3. The van der Waals surface area contributed by atoms with Gasteiger partial charge >= 0.3 is 0 Å². The lowest BCUT2D eigenvalue weighted by Crippen LogP contribution is -2.43. The number of carbonyl (C=O) groups is 2. The number of benzene rings is 2. The van der Waals surface area contributed by atoms with Gasteiger partial charge in [-0.05, 0) is 45.0 Å². The van der Waals surface area contributed by atoms with Gasteiger partial charge in [0.1, 0.15) is 5.69 Å². The topological polar surface area (TPSA) is 70.5 Å². The van der Waals surface area contributed by atoms with E-state index in [1.165, 1.54) is 0 Å². The predicted octanol–water partition coefficient (Wildman–Crippen LogP) is 3.71. The number of para-hydroxylation sites is 1. The number of likely N-dealkylation sites (tertiary alicyclic amines) is 1. The summed E-state index contributed by atoms with van der Waals surface area (Å²) in [7, 11) is 3.99. The molecule has 1 N–H and O–H groups in total. The average molecular weight is 474 g/mol. The molecule has 2 amide bonds. The number of nitrogens with zero attached hydrogens (tertiary/aromatic N) is 4. The fraction of sp³-hybridized carbons (Fsp3) is 0.393. The van der Waals surface area contributed by atoms with Gasteiger partial charge in [0.05, 0.1) is 11.3 Å². The van der Waals surface area contributed by atoms with Crippen molar-refractivity contribution in [2.75, 3.05) is 40.3 Å². The van der Waals surface area contributed by atoms with Gasteiger partial charge in [0, 0.05) is 43.9 Å². The SMILES string of the molecule is C[C@H](C(=O)NCCN(C)C)C1CCN(C(=O)c2cn(-c3ccccc3)nc2-c2ccccc2)CC1. The van der Waals surface area contributed by atoms with Crippen LogP contribution in [0.3, 0.4) is 0 Å². The number of likely N-dealkylation sites (N-methyl/N-ethyl adjacent to an activating group) is 1. The van der Waals surface area contributed by atoms with Crippen LogP contribution in [0.4, 0.5) is 0 Å². The molecule has 1 aliphatic heterocycles. The Kier molecular flexibility index (Phi) is 7.98. The number of hydrogen-bond acceptors (Lipinski definition) is 4. The summed E-state index contributed by atoms with van der Waals surface area (Å²) in [6.45, 7) is 4.77. The van der Waals surface area contributed by atoms with Crippen molar-refractivity contribution < 1.29 is 9.59 Å². The van der Waals surface area contributed by atoms with Gasteiger partial charge in [-0.15, -0.1) is 0 Å². The van der Waals surface area contributed by atoms with Crippen LogP contribution in [0.25, 0.3) is 16.9 Å². The summed E-state index contributed by atoms with van der Waals surface area (Å²) in [6.07, 6.45) is 3.48. The molecule has 1 saturated heterocycles. The zero-order valence-electron chi connectivity index (χ0n) is 20.9. The molecule has 0 radical (unpaired) electrons. The van der Waals surface area contributed by atoms with Gasteiger partial charge in [0.25, 0.3) is 5.91 Å². The maximum absolute atomic E-state index is 13.6. The van der Waals surface area contributed by atoms with Crippen molar-refractivity contribution in [1.29, 1.82) is 0 Å². The highest BCUT2D eigenvalue weighted by Gasteiger charge is 2.31. The maximum atomic E-state index is 13.6.